The zero-order valence-corrected chi connectivity index (χ0v) is 69.7. The summed E-state index contributed by atoms with van der Waals surface area (Å²) in [5.41, 5.74) is 34.1. The van der Waals surface area contributed by atoms with E-state index in [0.29, 0.717) is 95.0 Å². The van der Waals surface area contributed by atoms with Crippen molar-refractivity contribution in [2.24, 2.45) is 0 Å². The molecule has 0 amide bonds. The summed E-state index contributed by atoms with van der Waals surface area (Å²) in [7, 11) is -1.06. The molecule has 610 valence electrons. The summed E-state index contributed by atoms with van der Waals surface area (Å²) in [6, 6.07) is 38.3. The number of ether oxygens (including phenoxy) is 3. The van der Waals surface area contributed by atoms with E-state index >= 15 is 0 Å². The molecule has 9 heterocycles. The first-order valence-corrected chi connectivity index (χ1v) is 44.5. The molecule has 1 aromatic carbocycles. The van der Waals surface area contributed by atoms with Gasteiger partial charge in [0.15, 0.2) is 5.78 Å². The van der Waals surface area contributed by atoms with Crippen LogP contribution < -0.4 is 22.9 Å². The van der Waals surface area contributed by atoms with Gasteiger partial charge >= 0.3 is 29.8 Å². The van der Waals surface area contributed by atoms with Crippen LogP contribution in [0.1, 0.15) is 143 Å². The van der Waals surface area contributed by atoms with Gasteiger partial charge in [-0.1, -0.05) is 106 Å². The smallest absolute Gasteiger partial charge is 0.339 e. The van der Waals surface area contributed by atoms with Gasteiger partial charge in [0.05, 0.1) is 48.1 Å². The molecule has 27 nitrogen and oxygen atoms in total. The third kappa shape index (κ3) is 38.7. The number of allylic oxidation sites excluding steroid dienone is 3. The number of Topliss-reactive ketones (excluding diaryl/α,β-unsaturated/α-hetero) is 4. The Kier molecular flexibility index (Phi) is 39.0. The zero-order valence-electron chi connectivity index (χ0n) is 67.7. The molecule has 9 aromatic heterocycles. The van der Waals surface area contributed by atoms with E-state index < -0.39 is 34.1 Å². The molecule has 10 aromatic rings. The van der Waals surface area contributed by atoms with E-state index in [1.54, 1.807) is 79.3 Å². The summed E-state index contributed by atoms with van der Waals surface area (Å²) in [4.78, 5) is 140. The molecule has 0 spiro atoms. The Bertz CT molecular complexity index is 4990. The van der Waals surface area contributed by atoms with Crippen molar-refractivity contribution < 1.29 is 67.6 Å². The van der Waals surface area contributed by atoms with Crippen LogP contribution in [-0.2, 0) is 54.3 Å². The van der Waals surface area contributed by atoms with Crippen LogP contribution in [-0.4, -0.2) is 145 Å². The van der Waals surface area contributed by atoms with Gasteiger partial charge in [0, 0.05) is 162 Å². The van der Waals surface area contributed by atoms with E-state index in [4.69, 9.17) is 42.6 Å². The lowest BCUT2D eigenvalue weighted by Gasteiger charge is -2.15. The molecule has 10 rings (SSSR count). The lowest BCUT2D eigenvalue weighted by Crippen LogP contribution is -2.22. The molecular weight excluding hydrogens is 1520 g/mol. The van der Waals surface area contributed by atoms with Crippen LogP contribution in [0.15, 0.2) is 201 Å². The fourth-order valence-electron chi connectivity index (χ4n) is 9.45. The first-order chi connectivity index (χ1) is 55.5. The minimum atomic E-state index is -1.23. The summed E-state index contributed by atoms with van der Waals surface area (Å²) in [5.74, 6) is -1.91. The molecule has 0 fully saturated rings. The lowest BCUT2D eigenvalue weighted by molar-refractivity contribution is -0.118. The number of nitrogen functional groups attached to an aromatic ring is 4. The number of carbonyl (C=O) groups excluding carboxylic acids is 7. The number of nitrogens with zero attached hydrogens (tertiary/aromatic N) is 9. The number of rotatable bonds is 29. The second-order valence-corrected chi connectivity index (χ2v) is 40.2. The first-order valence-electron chi connectivity index (χ1n) is 37.1. The highest BCUT2D eigenvalue weighted by Crippen LogP contribution is 2.19. The minimum absolute atomic E-state index is 0.0203. The van der Waals surface area contributed by atoms with Crippen LogP contribution in [0.2, 0.25) is 51.4 Å². The van der Waals surface area contributed by atoms with Gasteiger partial charge in [-0.05, 0) is 165 Å². The van der Waals surface area contributed by atoms with E-state index in [1.807, 2.05) is 113 Å². The number of aromatic nitrogens is 9. The summed E-state index contributed by atoms with van der Waals surface area (Å²) < 4.78 is 14.9. The molecule has 0 unspecified atom stereocenters. The largest absolute Gasteiger partial charge is 0.478 e. The monoisotopic (exact) mass is 1620 g/mol. The number of pyridine rings is 9. The SMILES string of the molecule is COC(=O)c1ccc(N)nc1.C[Si](C)(C)CCOC(=O)c1ccc(N)nc1.Cc1ccc(/C=C/CC(=O)Cc2ccc(C(=O)O)cn2)cn1.Cc1ccc(/C=C/CC(=O)Cc2ccc(C(=O)OCC[Si](C)(C)C)cn2)cn1.Cc1ccc(CC(=O)c2ccc(CC(=O)C/C=C/c3ccc(C)nc3)nc2)c(N)c1.Nc1ccc(C(=O)O)cn1. The van der Waals surface area contributed by atoms with Gasteiger partial charge < -0.3 is 47.4 Å². The standard InChI is InChI=1S/C25H25N3O2.C22H28N2O3Si.C17H16N2O3.C11H18N2O2Si.C7H8N2O2.C6H6N2O2/c1-17-6-9-20(24(26)12-17)13-25(30)21-10-11-22(28-16-21)14-23(29)5-3-4-19-8-7-18(2)27-15-19;1-17-8-9-18(15-23-17)6-5-7-21(25)14-20-11-10-19(16-24-20)22(26)27-12-13-28(2,3)4;1-12-5-6-13(10-18-12)3-2-4-16(20)9-15-8-7-14(11-19-15)17(21)22;1-16(2,3)7-6-15-11(14)9-4-5-10(12)13-8-9;1-11-7(10)5-2-3-6(8)9-4-5;7-5-2-1-4(3-8-5)6(9)10/h3-4,6-12,15-16H,5,13-14,26H2,1-2H3;5-6,8-11,15-16H,7,12-14H2,1-4H3;2-3,5-8,10-11H,4,9H2,1H3,(H,21,22);4-5,8H,6-7H2,1-3H3,(H2,12,13);2-4H,1H3,(H2,8,9);1-3H,(H2,7,8)(H,9,10)/b4-3+;6-5+;3-2+;;;. The summed E-state index contributed by atoms with van der Waals surface area (Å²) in [6.07, 6.45) is 26.5. The maximum Gasteiger partial charge on any atom is 0.339 e. The van der Waals surface area contributed by atoms with Gasteiger partial charge in [0.1, 0.15) is 34.8 Å². The maximum absolute atomic E-state index is 12.5. The third-order valence-electron chi connectivity index (χ3n) is 16.3. The zero-order chi connectivity index (χ0) is 86.0. The highest BCUT2D eigenvalue weighted by molar-refractivity contribution is 6.76. The van der Waals surface area contributed by atoms with Gasteiger partial charge in [-0.2, -0.15) is 0 Å². The second-order valence-electron chi connectivity index (χ2n) is 29.0. The predicted octanol–water partition coefficient (Wildman–Crippen LogP) is 14.5. The topological polar surface area (TPSA) is 442 Å². The minimum Gasteiger partial charge on any atom is -0.478 e. The van der Waals surface area contributed by atoms with E-state index in [0.717, 1.165) is 57.0 Å². The number of ketones is 4. The van der Waals surface area contributed by atoms with Crippen molar-refractivity contribution in [3.63, 3.8) is 0 Å². The van der Waals surface area contributed by atoms with Gasteiger partial charge in [0.25, 0.3) is 0 Å². The number of carboxylic acids is 2. The highest BCUT2D eigenvalue weighted by atomic mass is 28.3. The number of carbonyl (C=O) groups is 9. The van der Waals surface area contributed by atoms with E-state index in [2.05, 4.69) is 88.9 Å². The summed E-state index contributed by atoms with van der Waals surface area (Å²) >= 11 is 0. The van der Waals surface area contributed by atoms with Gasteiger partial charge in [-0.15, -0.1) is 0 Å². The summed E-state index contributed by atoms with van der Waals surface area (Å²) in [5, 5.41) is 17.2. The Morgan fingerprint density at radius 2 is 0.692 bits per heavy atom. The van der Waals surface area contributed by atoms with E-state index in [-0.39, 0.29) is 71.9 Å². The van der Waals surface area contributed by atoms with Crippen LogP contribution in [0.4, 0.5) is 23.1 Å². The van der Waals surface area contributed by atoms with Crippen molar-refractivity contribution >= 4 is 110 Å². The van der Waals surface area contributed by atoms with E-state index in [1.165, 1.54) is 62.5 Å². The van der Waals surface area contributed by atoms with Crippen LogP contribution in [0.5, 0.6) is 0 Å². The number of esters is 3. The molecule has 0 atom stereocenters. The second kappa shape index (κ2) is 48.5. The van der Waals surface area contributed by atoms with Crippen LogP contribution >= 0.6 is 0 Å². The third-order valence-corrected chi connectivity index (χ3v) is 19.7. The Labute approximate surface area is 683 Å². The van der Waals surface area contributed by atoms with Crippen molar-refractivity contribution in [2.45, 2.75) is 124 Å². The van der Waals surface area contributed by atoms with Crippen molar-refractivity contribution in [3.05, 3.63) is 297 Å². The number of aromatic carboxylic acids is 2. The molecular formula is C88H101N13O14Si2. The lowest BCUT2D eigenvalue weighted by atomic mass is 10.0. The number of hydrogen-bond acceptors (Lipinski definition) is 25. The molecule has 0 bridgehead atoms. The number of benzene rings is 1. The Morgan fingerprint density at radius 1 is 0.368 bits per heavy atom. The Balaban J connectivity index is 0.000000260. The molecule has 0 aliphatic heterocycles. The Morgan fingerprint density at radius 3 is 0.983 bits per heavy atom. The average Bonchev–Trinajstić information content (AvgIpc) is 0.848. The number of aryl methyl sites for hydroxylation is 4. The van der Waals surface area contributed by atoms with Gasteiger partial charge in [-0.3, -0.25) is 49.1 Å². The fraction of sp³-hybridized carbons (Fsp3) is 0.250. The fourth-order valence-corrected chi connectivity index (χ4v) is 10.9. The quantitative estimate of drug-likeness (QED) is 0.00833. The molecule has 117 heavy (non-hydrogen) atoms. The average molecular weight is 1620 g/mol. The summed E-state index contributed by atoms with van der Waals surface area (Å²) in [6.45, 7) is 22.1. The van der Waals surface area contributed by atoms with Crippen molar-refractivity contribution in [1.82, 2.24) is 44.9 Å². The van der Waals surface area contributed by atoms with Gasteiger partial charge in [0.2, 0.25) is 0 Å². The first kappa shape index (κ1) is 94.1. The predicted molar refractivity (Wildman–Crippen MR) is 458 cm³/mol. The molecule has 0 aliphatic carbocycles. The molecule has 29 heteroatoms. The highest BCUT2D eigenvalue weighted by Gasteiger charge is 2.18. The Hall–Kier alpha value is -13.5. The number of anilines is 4. The van der Waals surface area contributed by atoms with Crippen molar-refractivity contribution in [3.8, 4) is 0 Å². The maximum atomic E-state index is 12.5. The number of hydrogen-bond donors (Lipinski definition) is 6. The van der Waals surface area contributed by atoms with E-state index in [9.17, 15) is 43.2 Å². The molecule has 0 saturated carbocycles. The number of nitrogens with two attached hydrogens (primary N) is 4. The molecule has 0 radical (unpaired) electrons. The molecule has 10 N–H and O–H groups in total. The number of carboxylic acid groups (broad SMARTS) is 2. The van der Waals surface area contributed by atoms with Crippen molar-refractivity contribution in [1.29, 1.82) is 0 Å². The normalized spacial score (nSPS) is 10.8. The van der Waals surface area contributed by atoms with Crippen LogP contribution in [0.3, 0.4) is 0 Å². The van der Waals surface area contributed by atoms with Crippen LogP contribution in [0.25, 0.3) is 18.2 Å². The van der Waals surface area contributed by atoms with Crippen LogP contribution in [0, 0.1) is 27.7 Å². The number of methoxy groups -OCH3 is 1. The molecule has 0 saturated heterocycles. The van der Waals surface area contributed by atoms with Gasteiger partial charge in [-0.25, -0.2) is 38.9 Å². The molecule has 0 aliphatic rings. The van der Waals surface area contributed by atoms with Crippen molar-refractivity contribution in [2.75, 3.05) is 43.3 Å².